The largest absolute Gasteiger partial charge is 0.381 e. The minimum Gasteiger partial charge on any atom is -0.381 e. The third-order valence-electron chi connectivity index (χ3n) is 3.94. The summed E-state index contributed by atoms with van der Waals surface area (Å²) in [5.41, 5.74) is 0.723. The smallest absolute Gasteiger partial charge is 0.244 e. The highest BCUT2D eigenvalue weighted by Gasteiger charge is 2.24. The van der Waals surface area contributed by atoms with E-state index in [9.17, 15) is 8.42 Å². The van der Waals surface area contributed by atoms with Crippen molar-refractivity contribution >= 4 is 15.7 Å². The van der Waals surface area contributed by atoms with E-state index in [0.29, 0.717) is 16.9 Å². The Labute approximate surface area is 122 Å². The van der Waals surface area contributed by atoms with Crippen molar-refractivity contribution < 1.29 is 8.42 Å². The molecule has 0 radical (unpaired) electrons. The number of benzene rings is 1. The third-order valence-corrected chi connectivity index (χ3v) is 5.81. The fourth-order valence-corrected chi connectivity index (χ4v) is 3.84. The van der Waals surface area contributed by atoms with Crippen LogP contribution in [0.25, 0.3) is 0 Å². The molecule has 0 aliphatic heterocycles. The van der Waals surface area contributed by atoms with E-state index in [-0.39, 0.29) is 0 Å². The molecule has 20 heavy (non-hydrogen) atoms. The van der Waals surface area contributed by atoms with Gasteiger partial charge in [-0.25, -0.2) is 12.7 Å². The van der Waals surface area contributed by atoms with Crippen LogP contribution in [-0.4, -0.2) is 32.9 Å². The zero-order valence-electron chi connectivity index (χ0n) is 12.5. The van der Waals surface area contributed by atoms with Crippen molar-refractivity contribution in [1.29, 1.82) is 0 Å². The maximum absolute atomic E-state index is 12.3. The monoisotopic (exact) mass is 296 g/mol. The predicted molar refractivity (Wildman–Crippen MR) is 82.4 cm³/mol. The van der Waals surface area contributed by atoms with Crippen LogP contribution in [0.4, 0.5) is 5.69 Å². The highest BCUT2D eigenvalue weighted by molar-refractivity contribution is 7.89. The van der Waals surface area contributed by atoms with Gasteiger partial charge in [-0.1, -0.05) is 31.9 Å². The lowest BCUT2D eigenvalue weighted by Crippen LogP contribution is -2.28. The summed E-state index contributed by atoms with van der Waals surface area (Å²) in [6.45, 7) is 2.26. The van der Waals surface area contributed by atoms with E-state index < -0.39 is 10.0 Å². The Morgan fingerprint density at radius 2 is 1.90 bits per heavy atom. The average molecular weight is 296 g/mol. The van der Waals surface area contributed by atoms with Crippen LogP contribution in [-0.2, 0) is 10.0 Å². The number of hydrogen-bond donors (Lipinski definition) is 1. The van der Waals surface area contributed by atoms with Gasteiger partial charge in [0.2, 0.25) is 10.0 Å². The Bertz CT molecular complexity index is 555. The van der Waals surface area contributed by atoms with Gasteiger partial charge in [0, 0.05) is 20.1 Å². The lowest BCUT2D eigenvalue weighted by molar-refractivity contribution is 0.358. The van der Waals surface area contributed by atoms with Crippen LogP contribution in [0, 0.1) is 5.92 Å². The number of rotatable bonds is 4. The first-order valence-electron chi connectivity index (χ1n) is 7.19. The molecule has 2 atom stereocenters. The Morgan fingerprint density at radius 3 is 2.55 bits per heavy atom. The van der Waals surface area contributed by atoms with Crippen LogP contribution >= 0.6 is 0 Å². The van der Waals surface area contributed by atoms with Gasteiger partial charge in [-0.05, 0) is 30.9 Å². The van der Waals surface area contributed by atoms with Crippen molar-refractivity contribution in [3.63, 3.8) is 0 Å². The number of sulfonamides is 1. The van der Waals surface area contributed by atoms with E-state index in [1.165, 1.54) is 17.1 Å². The predicted octanol–water partition coefficient (Wildman–Crippen LogP) is 2.93. The second-order valence-electron chi connectivity index (χ2n) is 5.90. The number of nitrogens with one attached hydrogen (secondary N) is 1. The minimum atomic E-state index is -3.40. The molecular formula is C15H24N2O2S. The van der Waals surface area contributed by atoms with Gasteiger partial charge in [0.15, 0.2) is 0 Å². The molecule has 112 valence electrons. The van der Waals surface area contributed by atoms with Crippen LogP contribution in [0.5, 0.6) is 0 Å². The molecule has 2 rings (SSSR count). The molecular weight excluding hydrogens is 272 g/mol. The molecule has 0 heterocycles. The third kappa shape index (κ3) is 3.33. The molecule has 1 fully saturated rings. The molecule has 1 N–H and O–H groups in total. The normalized spacial score (nSPS) is 23.8. The summed E-state index contributed by atoms with van der Waals surface area (Å²) in [7, 11) is -0.272. The number of hydrogen-bond acceptors (Lipinski definition) is 3. The van der Waals surface area contributed by atoms with E-state index in [1.807, 2.05) is 12.1 Å². The second-order valence-corrected chi connectivity index (χ2v) is 8.02. The van der Waals surface area contributed by atoms with E-state index in [2.05, 4.69) is 12.2 Å². The molecule has 1 saturated carbocycles. The summed E-state index contributed by atoms with van der Waals surface area (Å²) in [4.78, 5) is 0.364. The Morgan fingerprint density at radius 1 is 1.20 bits per heavy atom. The van der Waals surface area contributed by atoms with Crippen LogP contribution in [0.15, 0.2) is 29.2 Å². The standard InChI is InChI=1S/C15H24N2O2S/c1-12-7-6-8-13(11-12)16-14-9-4-5-10-15(14)20(18,19)17(2)3/h4-5,9-10,12-13,16H,6-8,11H2,1-3H3. The summed E-state index contributed by atoms with van der Waals surface area (Å²) in [5.74, 6) is 0.707. The topological polar surface area (TPSA) is 49.4 Å². The summed E-state index contributed by atoms with van der Waals surface area (Å²) in [5, 5.41) is 3.44. The summed E-state index contributed by atoms with van der Waals surface area (Å²) in [6, 6.07) is 7.55. The van der Waals surface area contributed by atoms with Crippen molar-refractivity contribution in [2.24, 2.45) is 5.92 Å². The van der Waals surface area contributed by atoms with Crippen molar-refractivity contribution in [3.8, 4) is 0 Å². The Balaban J connectivity index is 2.25. The van der Waals surface area contributed by atoms with Crippen LogP contribution in [0.1, 0.15) is 32.6 Å². The van der Waals surface area contributed by atoms with Gasteiger partial charge in [0.05, 0.1) is 5.69 Å². The summed E-state index contributed by atoms with van der Waals surface area (Å²) in [6.07, 6.45) is 4.70. The fourth-order valence-electron chi connectivity index (χ4n) is 2.79. The molecule has 0 saturated heterocycles. The van der Waals surface area contributed by atoms with Gasteiger partial charge in [-0.15, -0.1) is 0 Å². The van der Waals surface area contributed by atoms with Gasteiger partial charge < -0.3 is 5.32 Å². The van der Waals surface area contributed by atoms with E-state index in [4.69, 9.17) is 0 Å². The lowest BCUT2D eigenvalue weighted by atomic mass is 9.87. The van der Waals surface area contributed by atoms with Gasteiger partial charge in [0.25, 0.3) is 0 Å². The van der Waals surface area contributed by atoms with Gasteiger partial charge in [0.1, 0.15) is 4.90 Å². The fraction of sp³-hybridized carbons (Fsp3) is 0.600. The number of nitrogens with zero attached hydrogens (tertiary/aromatic N) is 1. The maximum atomic E-state index is 12.3. The van der Waals surface area contributed by atoms with E-state index >= 15 is 0 Å². The molecule has 4 nitrogen and oxygen atoms in total. The molecule has 0 aromatic heterocycles. The van der Waals surface area contributed by atoms with Gasteiger partial charge in [-0.3, -0.25) is 0 Å². The second kappa shape index (κ2) is 6.14. The first kappa shape index (κ1) is 15.3. The van der Waals surface area contributed by atoms with Gasteiger partial charge in [-0.2, -0.15) is 0 Å². The molecule has 0 bridgehead atoms. The SMILES string of the molecule is CC1CCCC(Nc2ccccc2S(=O)(=O)N(C)C)C1. The Kier molecular flexibility index (Phi) is 4.70. The molecule has 5 heteroatoms. The number of para-hydroxylation sites is 1. The first-order valence-corrected chi connectivity index (χ1v) is 8.63. The zero-order chi connectivity index (χ0) is 14.8. The maximum Gasteiger partial charge on any atom is 0.244 e. The van der Waals surface area contributed by atoms with Crippen molar-refractivity contribution in [2.45, 2.75) is 43.5 Å². The van der Waals surface area contributed by atoms with Crippen molar-refractivity contribution in [3.05, 3.63) is 24.3 Å². The van der Waals surface area contributed by atoms with Crippen LogP contribution in [0.2, 0.25) is 0 Å². The lowest BCUT2D eigenvalue weighted by Gasteiger charge is -2.29. The molecule has 0 amide bonds. The molecule has 2 unspecified atom stereocenters. The molecule has 1 aliphatic carbocycles. The van der Waals surface area contributed by atoms with Gasteiger partial charge >= 0.3 is 0 Å². The summed E-state index contributed by atoms with van der Waals surface area (Å²) >= 11 is 0. The Hall–Kier alpha value is -1.07. The van der Waals surface area contributed by atoms with Crippen LogP contribution < -0.4 is 5.32 Å². The van der Waals surface area contributed by atoms with E-state index in [0.717, 1.165) is 18.5 Å². The number of anilines is 1. The molecule has 1 aliphatic rings. The summed E-state index contributed by atoms with van der Waals surface area (Å²) < 4.78 is 26.0. The highest BCUT2D eigenvalue weighted by atomic mass is 32.2. The zero-order valence-corrected chi connectivity index (χ0v) is 13.3. The minimum absolute atomic E-state index is 0.364. The van der Waals surface area contributed by atoms with Crippen molar-refractivity contribution in [1.82, 2.24) is 4.31 Å². The average Bonchev–Trinajstić information content (AvgIpc) is 2.39. The first-order chi connectivity index (χ1) is 9.41. The van der Waals surface area contributed by atoms with Crippen LogP contribution in [0.3, 0.4) is 0 Å². The molecule has 0 spiro atoms. The quantitative estimate of drug-likeness (QED) is 0.929. The highest BCUT2D eigenvalue weighted by Crippen LogP contribution is 2.29. The molecule has 1 aromatic carbocycles. The van der Waals surface area contributed by atoms with E-state index in [1.54, 1.807) is 26.2 Å². The molecule has 1 aromatic rings. The van der Waals surface area contributed by atoms with Crippen molar-refractivity contribution in [2.75, 3.05) is 19.4 Å².